The van der Waals surface area contributed by atoms with E-state index < -0.39 is 5.82 Å². The first-order valence-corrected chi connectivity index (χ1v) is 5.46. The highest BCUT2D eigenvalue weighted by molar-refractivity contribution is 6.36. The SMILES string of the molecule is CCc1c(C)nc2c(F)ccc(Cl)c2c1N. The minimum atomic E-state index is -0.392. The Kier molecular flexibility index (Phi) is 2.72. The summed E-state index contributed by atoms with van der Waals surface area (Å²) < 4.78 is 13.6. The highest BCUT2D eigenvalue weighted by Gasteiger charge is 2.14. The largest absolute Gasteiger partial charge is 0.398 e. The molecule has 0 aliphatic heterocycles. The molecule has 0 aliphatic rings. The average Bonchev–Trinajstić information content (AvgIpc) is 2.24. The Morgan fingerprint density at radius 1 is 1.44 bits per heavy atom. The van der Waals surface area contributed by atoms with Crippen molar-refractivity contribution in [2.45, 2.75) is 20.3 Å². The number of hydrogen-bond donors (Lipinski definition) is 1. The normalized spacial score (nSPS) is 11.0. The fourth-order valence-corrected chi connectivity index (χ4v) is 2.19. The molecule has 0 aliphatic carbocycles. The number of rotatable bonds is 1. The fourth-order valence-electron chi connectivity index (χ4n) is 1.93. The molecule has 2 rings (SSSR count). The van der Waals surface area contributed by atoms with Crippen LogP contribution in [0.1, 0.15) is 18.2 Å². The highest BCUT2D eigenvalue weighted by atomic mass is 35.5. The molecule has 2 aromatic rings. The molecule has 0 unspecified atom stereocenters. The summed E-state index contributed by atoms with van der Waals surface area (Å²) in [5.74, 6) is -0.392. The molecule has 0 saturated heterocycles. The molecule has 0 saturated carbocycles. The van der Waals surface area contributed by atoms with Crippen LogP contribution in [-0.2, 0) is 6.42 Å². The van der Waals surface area contributed by atoms with Gasteiger partial charge in [0.25, 0.3) is 0 Å². The van der Waals surface area contributed by atoms with Gasteiger partial charge in [-0.15, -0.1) is 0 Å². The standard InChI is InChI=1S/C12H12ClFN2/c1-3-7-6(2)16-12-9(14)5-4-8(13)10(12)11(7)15/h4-5H,3H2,1-2H3,(H2,15,16). The van der Waals surface area contributed by atoms with Gasteiger partial charge in [0.05, 0.1) is 5.02 Å². The molecule has 0 fully saturated rings. The Morgan fingerprint density at radius 2 is 2.12 bits per heavy atom. The van der Waals surface area contributed by atoms with Gasteiger partial charge in [0, 0.05) is 16.8 Å². The minimum Gasteiger partial charge on any atom is -0.398 e. The molecule has 0 radical (unpaired) electrons. The zero-order valence-electron chi connectivity index (χ0n) is 9.14. The Bertz CT molecular complexity index is 567. The lowest BCUT2D eigenvalue weighted by atomic mass is 10.0. The van der Waals surface area contributed by atoms with E-state index in [4.69, 9.17) is 17.3 Å². The molecule has 4 heteroatoms. The van der Waals surface area contributed by atoms with Crippen molar-refractivity contribution in [3.8, 4) is 0 Å². The van der Waals surface area contributed by atoms with E-state index in [-0.39, 0.29) is 5.52 Å². The summed E-state index contributed by atoms with van der Waals surface area (Å²) in [6, 6.07) is 2.81. The molecule has 0 bridgehead atoms. The lowest BCUT2D eigenvalue weighted by molar-refractivity contribution is 0.636. The van der Waals surface area contributed by atoms with Gasteiger partial charge in [-0.3, -0.25) is 0 Å². The van der Waals surface area contributed by atoms with Crippen molar-refractivity contribution in [1.82, 2.24) is 4.98 Å². The lowest BCUT2D eigenvalue weighted by Gasteiger charge is -2.11. The van der Waals surface area contributed by atoms with E-state index in [0.29, 0.717) is 16.1 Å². The first-order chi connectivity index (χ1) is 7.56. The highest BCUT2D eigenvalue weighted by Crippen LogP contribution is 2.33. The summed E-state index contributed by atoms with van der Waals surface area (Å²) in [6.07, 6.45) is 0.757. The first kappa shape index (κ1) is 11.1. The molecule has 2 nitrogen and oxygen atoms in total. The lowest BCUT2D eigenvalue weighted by Crippen LogP contribution is -2.02. The number of nitrogens with zero attached hydrogens (tertiary/aromatic N) is 1. The van der Waals surface area contributed by atoms with E-state index in [1.54, 1.807) is 0 Å². The van der Waals surface area contributed by atoms with Gasteiger partial charge < -0.3 is 5.73 Å². The number of benzene rings is 1. The molecule has 1 aromatic carbocycles. The Morgan fingerprint density at radius 3 is 2.75 bits per heavy atom. The van der Waals surface area contributed by atoms with Crippen molar-refractivity contribution in [2.24, 2.45) is 0 Å². The van der Waals surface area contributed by atoms with E-state index in [2.05, 4.69) is 4.98 Å². The number of hydrogen-bond acceptors (Lipinski definition) is 2. The summed E-state index contributed by atoms with van der Waals surface area (Å²) in [4.78, 5) is 4.23. The predicted octanol–water partition coefficient (Wildman–Crippen LogP) is 3.48. The van der Waals surface area contributed by atoms with E-state index >= 15 is 0 Å². The number of aryl methyl sites for hydroxylation is 1. The minimum absolute atomic E-state index is 0.250. The second-order valence-corrected chi connectivity index (χ2v) is 4.10. The third kappa shape index (κ3) is 1.52. The van der Waals surface area contributed by atoms with Gasteiger partial charge in [-0.05, 0) is 31.0 Å². The Labute approximate surface area is 98.2 Å². The third-order valence-electron chi connectivity index (χ3n) is 2.74. The number of fused-ring (bicyclic) bond motifs is 1. The zero-order valence-corrected chi connectivity index (χ0v) is 9.90. The maximum atomic E-state index is 13.6. The molecule has 16 heavy (non-hydrogen) atoms. The van der Waals surface area contributed by atoms with Crippen LogP contribution in [0.2, 0.25) is 5.02 Å². The van der Waals surface area contributed by atoms with Gasteiger partial charge in [-0.2, -0.15) is 0 Å². The van der Waals surface area contributed by atoms with Crippen LogP contribution in [0.3, 0.4) is 0 Å². The summed E-state index contributed by atoms with van der Waals surface area (Å²) in [6.45, 7) is 3.81. The number of anilines is 1. The summed E-state index contributed by atoms with van der Waals surface area (Å²) >= 11 is 6.03. The Balaban J connectivity index is 2.98. The van der Waals surface area contributed by atoms with E-state index in [1.807, 2.05) is 13.8 Å². The summed E-state index contributed by atoms with van der Waals surface area (Å²) in [5.41, 5.74) is 8.48. The van der Waals surface area contributed by atoms with Crippen LogP contribution in [0.5, 0.6) is 0 Å². The molecular weight excluding hydrogens is 227 g/mol. The van der Waals surface area contributed by atoms with Gasteiger partial charge in [0.2, 0.25) is 0 Å². The topological polar surface area (TPSA) is 38.9 Å². The smallest absolute Gasteiger partial charge is 0.149 e. The molecule has 2 N–H and O–H groups in total. The van der Waals surface area contributed by atoms with Gasteiger partial charge >= 0.3 is 0 Å². The zero-order chi connectivity index (χ0) is 11.9. The Hall–Kier alpha value is -1.35. The van der Waals surface area contributed by atoms with Crippen molar-refractivity contribution in [1.29, 1.82) is 0 Å². The molecular formula is C12H12ClFN2. The molecule has 1 aromatic heterocycles. The van der Waals surface area contributed by atoms with Crippen LogP contribution < -0.4 is 5.73 Å². The molecule has 0 spiro atoms. The van der Waals surface area contributed by atoms with Crippen LogP contribution in [-0.4, -0.2) is 4.98 Å². The number of pyridine rings is 1. The number of nitrogen functional groups attached to an aromatic ring is 1. The van der Waals surface area contributed by atoms with Crippen LogP contribution in [0.25, 0.3) is 10.9 Å². The quantitative estimate of drug-likeness (QED) is 0.826. The molecule has 84 valence electrons. The monoisotopic (exact) mass is 238 g/mol. The van der Waals surface area contributed by atoms with Crippen molar-refractivity contribution in [3.05, 3.63) is 34.2 Å². The van der Waals surface area contributed by atoms with E-state index in [9.17, 15) is 4.39 Å². The maximum absolute atomic E-state index is 13.6. The molecule has 1 heterocycles. The van der Waals surface area contributed by atoms with E-state index in [0.717, 1.165) is 17.7 Å². The maximum Gasteiger partial charge on any atom is 0.149 e. The van der Waals surface area contributed by atoms with E-state index in [1.165, 1.54) is 12.1 Å². The van der Waals surface area contributed by atoms with Gasteiger partial charge in [0.15, 0.2) is 0 Å². The van der Waals surface area contributed by atoms with Gasteiger partial charge in [-0.1, -0.05) is 18.5 Å². The van der Waals surface area contributed by atoms with Gasteiger partial charge in [0.1, 0.15) is 11.3 Å². The number of aromatic nitrogens is 1. The molecule has 0 amide bonds. The van der Waals surface area contributed by atoms with Crippen LogP contribution in [0, 0.1) is 12.7 Å². The van der Waals surface area contributed by atoms with Crippen molar-refractivity contribution in [3.63, 3.8) is 0 Å². The second-order valence-electron chi connectivity index (χ2n) is 3.70. The van der Waals surface area contributed by atoms with Crippen molar-refractivity contribution in [2.75, 3.05) is 5.73 Å². The summed E-state index contributed by atoms with van der Waals surface area (Å²) in [7, 11) is 0. The fraction of sp³-hybridized carbons (Fsp3) is 0.250. The predicted molar refractivity (Wildman–Crippen MR) is 65.2 cm³/mol. The van der Waals surface area contributed by atoms with Gasteiger partial charge in [-0.25, -0.2) is 9.37 Å². The van der Waals surface area contributed by atoms with Crippen LogP contribution in [0.15, 0.2) is 12.1 Å². The number of halogens is 2. The second kappa shape index (κ2) is 3.91. The van der Waals surface area contributed by atoms with Crippen LogP contribution in [0.4, 0.5) is 10.1 Å². The molecule has 0 atom stereocenters. The summed E-state index contributed by atoms with van der Waals surface area (Å²) in [5, 5.41) is 0.959. The van der Waals surface area contributed by atoms with Crippen LogP contribution >= 0.6 is 11.6 Å². The van der Waals surface area contributed by atoms with Crippen molar-refractivity contribution >= 4 is 28.2 Å². The number of nitrogens with two attached hydrogens (primary N) is 1. The third-order valence-corrected chi connectivity index (χ3v) is 3.06. The average molecular weight is 239 g/mol. The van der Waals surface area contributed by atoms with Crippen molar-refractivity contribution < 1.29 is 4.39 Å². The first-order valence-electron chi connectivity index (χ1n) is 5.09.